The van der Waals surface area contributed by atoms with Crippen LogP contribution < -0.4 is 4.90 Å². The highest BCUT2D eigenvalue weighted by molar-refractivity contribution is 7.99. The van der Waals surface area contributed by atoms with Crippen molar-refractivity contribution in [1.82, 2.24) is 19.3 Å². The number of fused-ring (bicyclic) bond motifs is 4. The fraction of sp³-hybridized carbons (Fsp3) is 0.500. The van der Waals surface area contributed by atoms with Crippen LogP contribution in [0.2, 0.25) is 0 Å². The molecule has 3 aromatic rings. The molecule has 3 aliphatic rings. The summed E-state index contributed by atoms with van der Waals surface area (Å²) in [4.78, 5) is 15.0. The Labute approximate surface area is 182 Å². The summed E-state index contributed by atoms with van der Waals surface area (Å²) in [6.07, 6.45) is 9.35. The lowest BCUT2D eigenvalue weighted by atomic mass is 9.77. The van der Waals surface area contributed by atoms with E-state index in [-0.39, 0.29) is 0 Å². The van der Waals surface area contributed by atoms with E-state index in [4.69, 9.17) is 9.97 Å². The second-order valence-electron chi connectivity index (χ2n) is 8.85. The van der Waals surface area contributed by atoms with Gasteiger partial charge in [-0.05, 0) is 61.9 Å². The molecular weight excluding hydrogens is 390 g/mol. The number of hydrogen-bond donors (Lipinski definition) is 0. The van der Waals surface area contributed by atoms with E-state index in [0.717, 1.165) is 37.7 Å². The molecule has 2 aliphatic heterocycles. The van der Waals surface area contributed by atoms with Crippen LogP contribution in [0.25, 0.3) is 5.65 Å². The smallest absolute Gasteiger partial charge is 0.138 e. The van der Waals surface area contributed by atoms with Gasteiger partial charge in [-0.3, -0.25) is 14.3 Å². The van der Waals surface area contributed by atoms with Gasteiger partial charge in [0, 0.05) is 43.5 Å². The zero-order chi connectivity index (χ0) is 19.9. The van der Waals surface area contributed by atoms with E-state index in [2.05, 4.69) is 62.5 Å². The average Bonchev–Trinajstić information content (AvgIpc) is 3.22. The Kier molecular flexibility index (Phi) is 4.92. The number of imidazole rings is 1. The third-order valence-corrected chi connectivity index (χ3v) is 8.01. The van der Waals surface area contributed by atoms with Crippen molar-refractivity contribution in [2.24, 2.45) is 5.92 Å². The van der Waals surface area contributed by atoms with Crippen molar-refractivity contribution in [3.05, 3.63) is 59.7 Å². The molecule has 156 valence electrons. The molecule has 0 unspecified atom stereocenters. The molecule has 2 atom stereocenters. The van der Waals surface area contributed by atoms with Gasteiger partial charge in [-0.2, -0.15) is 11.8 Å². The monoisotopic (exact) mass is 419 g/mol. The van der Waals surface area contributed by atoms with Crippen molar-refractivity contribution in [3.63, 3.8) is 0 Å². The Balaban J connectivity index is 1.31. The number of thioether (sulfide) groups is 1. The van der Waals surface area contributed by atoms with Crippen LogP contribution in [0.5, 0.6) is 0 Å². The van der Waals surface area contributed by atoms with Crippen LogP contribution in [0, 0.1) is 5.92 Å². The molecule has 5 nitrogen and oxygen atoms in total. The van der Waals surface area contributed by atoms with Gasteiger partial charge in [-0.15, -0.1) is 0 Å². The topological polar surface area (TPSA) is 36.7 Å². The predicted molar refractivity (Wildman–Crippen MR) is 123 cm³/mol. The van der Waals surface area contributed by atoms with Crippen molar-refractivity contribution >= 4 is 23.2 Å². The van der Waals surface area contributed by atoms with Crippen LogP contribution in [0.3, 0.4) is 0 Å². The lowest BCUT2D eigenvalue weighted by Crippen LogP contribution is -2.41. The van der Waals surface area contributed by atoms with Gasteiger partial charge in [0.2, 0.25) is 0 Å². The second kappa shape index (κ2) is 7.89. The van der Waals surface area contributed by atoms with Crippen LogP contribution in [-0.4, -0.2) is 50.4 Å². The van der Waals surface area contributed by atoms with Gasteiger partial charge >= 0.3 is 0 Å². The molecule has 6 heteroatoms. The van der Waals surface area contributed by atoms with Crippen molar-refractivity contribution < 1.29 is 0 Å². The standard InChI is InChI=1S/C24H29N5S/c1-6-21-26-20(17-29(21)22(7-1)27-12-14-30-15-13-27)16-28-11-3-5-19-9-8-18-4-2-10-25-23(18)24(19)28/h1-2,4,6-7,10,17,19,24H,3,5,8-9,11-16H2/t19-,24-/m0/s1. The van der Waals surface area contributed by atoms with Gasteiger partial charge in [0.25, 0.3) is 0 Å². The average molecular weight is 420 g/mol. The summed E-state index contributed by atoms with van der Waals surface area (Å²) in [6, 6.07) is 11.4. The van der Waals surface area contributed by atoms with E-state index in [1.165, 1.54) is 60.0 Å². The molecule has 1 aliphatic carbocycles. The largest absolute Gasteiger partial charge is 0.356 e. The lowest BCUT2D eigenvalue weighted by Gasteiger charge is -2.44. The fourth-order valence-electron chi connectivity index (χ4n) is 5.68. The minimum atomic E-state index is 0.451. The third-order valence-electron chi connectivity index (χ3n) is 7.07. The van der Waals surface area contributed by atoms with Crippen LogP contribution >= 0.6 is 11.8 Å². The summed E-state index contributed by atoms with van der Waals surface area (Å²) in [5, 5.41) is 0. The van der Waals surface area contributed by atoms with E-state index < -0.39 is 0 Å². The number of hydrogen-bond acceptors (Lipinski definition) is 5. The Morgan fingerprint density at radius 2 is 1.97 bits per heavy atom. The molecule has 0 aromatic carbocycles. The maximum atomic E-state index is 5.02. The highest BCUT2D eigenvalue weighted by Crippen LogP contribution is 2.43. The minimum absolute atomic E-state index is 0.451. The number of aromatic nitrogens is 3. The van der Waals surface area contributed by atoms with E-state index in [1.54, 1.807) is 0 Å². The molecule has 0 spiro atoms. The molecule has 5 heterocycles. The Morgan fingerprint density at radius 1 is 1.03 bits per heavy atom. The Hall–Kier alpha value is -2.05. The summed E-state index contributed by atoms with van der Waals surface area (Å²) >= 11 is 2.05. The highest BCUT2D eigenvalue weighted by Gasteiger charge is 2.37. The van der Waals surface area contributed by atoms with E-state index in [9.17, 15) is 0 Å². The zero-order valence-electron chi connectivity index (χ0n) is 17.4. The number of aryl methyl sites for hydroxylation is 1. The van der Waals surface area contributed by atoms with Gasteiger partial charge in [0.15, 0.2) is 0 Å². The molecule has 0 amide bonds. The first-order chi connectivity index (χ1) is 14.9. The third kappa shape index (κ3) is 3.30. The predicted octanol–water partition coefficient (Wildman–Crippen LogP) is 4.18. The number of anilines is 1. The minimum Gasteiger partial charge on any atom is -0.356 e. The molecular formula is C24H29N5S. The summed E-state index contributed by atoms with van der Waals surface area (Å²) in [6.45, 7) is 4.29. The summed E-state index contributed by atoms with van der Waals surface area (Å²) in [7, 11) is 0. The van der Waals surface area contributed by atoms with Gasteiger partial charge in [0.05, 0.1) is 17.4 Å². The second-order valence-corrected chi connectivity index (χ2v) is 10.1. The quantitative estimate of drug-likeness (QED) is 0.637. The maximum absolute atomic E-state index is 5.02. The molecule has 2 saturated heterocycles. The van der Waals surface area contributed by atoms with Crippen molar-refractivity contribution in [2.45, 2.75) is 38.3 Å². The molecule has 3 aromatic heterocycles. The Morgan fingerprint density at radius 3 is 2.90 bits per heavy atom. The molecule has 0 saturated carbocycles. The van der Waals surface area contributed by atoms with Crippen LogP contribution in [0.1, 0.15) is 42.3 Å². The van der Waals surface area contributed by atoms with E-state index in [1.807, 2.05) is 6.20 Å². The number of nitrogens with zero attached hydrogens (tertiary/aromatic N) is 5. The molecule has 30 heavy (non-hydrogen) atoms. The number of piperidine rings is 1. The number of rotatable bonds is 3. The lowest BCUT2D eigenvalue weighted by molar-refractivity contribution is 0.0687. The summed E-state index contributed by atoms with van der Waals surface area (Å²) in [5.74, 6) is 4.44. The molecule has 0 radical (unpaired) electrons. The highest BCUT2D eigenvalue weighted by atomic mass is 32.2. The summed E-state index contributed by atoms with van der Waals surface area (Å²) < 4.78 is 2.31. The number of pyridine rings is 2. The van der Waals surface area contributed by atoms with Gasteiger partial charge in [-0.25, -0.2) is 4.98 Å². The van der Waals surface area contributed by atoms with Crippen molar-refractivity contribution in [3.8, 4) is 0 Å². The normalized spacial score (nSPS) is 24.6. The first-order valence-corrected chi connectivity index (χ1v) is 12.5. The van der Waals surface area contributed by atoms with Gasteiger partial charge < -0.3 is 4.90 Å². The van der Waals surface area contributed by atoms with E-state index in [0.29, 0.717) is 6.04 Å². The van der Waals surface area contributed by atoms with Crippen LogP contribution in [-0.2, 0) is 13.0 Å². The van der Waals surface area contributed by atoms with Crippen molar-refractivity contribution in [2.75, 3.05) is 36.0 Å². The fourth-order valence-corrected chi connectivity index (χ4v) is 6.58. The van der Waals surface area contributed by atoms with Crippen LogP contribution in [0.4, 0.5) is 5.82 Å². The van der Waals surface area contributed by atoms with Gasteiger partial charge in [-0.1, -0.05) is 12.1 Å². The summed E-state index contributed by atoms with van der Waals surface area (Å²) in [5.41, 5.74) is 5.02. The first-order valence-electron chi connectivity index (χ1n) is 11.3. The zero-order valence-corrected chi connectivity index (χ0v) is 18.2. The molecule has 2 fully saturated rings. The molecule has 0 N–H and O–H groups in total. The van der Waals surface area contributed by atoms with Crippen LogP contribution in [0.15, 0.2) is 42.7 Å². The Bertz CT molecular complexity index is 1040. The first kappa shape index (κ1) is 18.7. The maximum Gasteiger partial charge on any atom is 0.138 e. The SMILES string of the molecule is c1cnc2c(c1)CC[C@@H]1CCCN(Cc3cn4c(N5CCSCC5)cccc4n3)[C@H]21. The molecule has 6 rings (SSSR count). The van der Waals surface area contributed by atoms with E-state index >= 15 is 0 Å². The number of likely N-dealkylation sites (tertiary alicyclic amines) is 1. The molecule has 0 bridgehead atoms. The van der Waals surface area contributed by atoms with Crippen molar-refractivity contribution in [1.29, 1.82) is 0 Å². The van der Waals surface area contributed by atoms with Gasteiger partial charge in [0.1, 0.15) is 11.5 Å².